The summed E-state index contributed by atoms with van der Waals surface area (Å²) in [6.07, 6.45) is 7.44. The van der Waals surface area contributed by atoms with Gasteiger partial charge in [0.05, 0.1) is 6.04 Å². The van der Waals surface area contributed by atoms with Crippen LogP contribution in [0.5, 0.6) is 0 Å². The van der Waals surface area contributed by atoms with Crippen LogP contribution < -0.4 is 11.5 Å². The minimum atomic E-state index is 0.284. The van der Waals surface area contributed by atoms with Crippen LogP contribution in [0.15, 0.2) is 0 Å². The van der Waals surface area contributed by atoms with Crippen molar-refractivity contribution in [3.05, 3.63) is 0 Å². The Morgan fingerprint density at radius 3 is 2.21 bits per heavy atom. The van der Waals surface area contributed by atoms with E-state index in [1.165, 1.54) is 25.7 Å². The van der Waals surface area contributed by atoms with Gasteiger partial charge in [0, 0.05) is 0 Å². The molecule has 5 nitrogen and oxygen atoms in total. The van der Waals surface area contributed by atoms with E-state index in [0.717, 1.165) is 12.8 Å². The summed E-state index contributed by atoms with van der Waals surface area (Å²) < 4.78 is 1.79. The lowest BCUT2D eigenvalue weighted by atomic mass is 10.1. The van der Waals surface area contributed by atoms with Crippen LogP contribution in [0.3, 0.4) is 0 Å². The normalized spacial score (nSPS) is 19.4. The molecule has 1 heterocycles. The van der Waals surface area contributed by atoms with Gasteiger partial charge in [-0.1, -0.05) is 25.7 Å². The van der Waals surface area contributed by atoms with E-state index in [2.05, 4.69) is 10.1 Å². The van der Waals surface area contributed by atoms with Crippen molar-refractivity contribution in [2.45, 2.75) is 44.6 Å². The van der Waals surface area contributed by atoms with E-state index in [1.54, 1.807) is 4.68 Å². The SMILES string of the molecule is Nc1nc(N)n(C2CCCCCC2)n1. The number of nitrogen functional groups attached to an aromatic ring is 2. The lowest BCUT2D eigenvalue weighted by Crippen LogP contribution is -2.13. The second-order valence-corrected chi connectivity index (χ2v) is 3.92. The molecular weight excluding hydrogens is 178 g/mol. The van der Waals surface area contributed by atoms with Crippen LogP contribution in [0.2, 0.25) is 0 Å². The monoisotopic (exact) mass is 195 g/mol. The Kier molecular flexibility index (Phi) is 2.56. The largest absolute Gasteiger partial charge is 0.368 e. The fourth-order valence-corrected chi connectivity index (χ4v) is 2.12. The summed E-state index contributed by atoms with van der Waals surface area (Å²) >= 11 is 0. The molecule has 0 bridgehead atoms. The number of nitrogens with zero attached hydrogens (tertiary/aromatic N) is 3. The molecular formula is C9H17N5. The zero-order valence-electron chi connectivity index (χ0n) is 8.32. The molecule has 0 amide bonds. The Bertz CT molecular complexity index is 298. The number of rotatable bonds is 1. The minimum absolute atomic E-state index is 0.284. The zero-order valence-corrected chi connectivity index (χ0v) is 8.32. The van der Waals surface area contributed by atoms with Gasteiger partial charge in [-0.2, -0.15) is 4.98 Å². The first kappa shape index (κ1) is 9.30. The van der Waals surface area contributed by atoms with E-state index in [1.807, 2.05) is 0 Å². The van der Waals surface area contributed by atoms with E-state index in [9.17, 15) is 0 Å². The lowest BCUT2D eigenvalue weighted by Gasteiger charge is -2.14. The van der Waals surface area contributed by atoms with Crippen molar-refractivity contribution in [1.82, 2.24) is 14.8 Å². The first-order chi connectivity index (χ1) is 6.77. The van der Waals surface area contributed by atoms with Crippen LogP contribution in [0.25, 0.3) is 0 Å². The number of hydrogen-bond donors (Lipinski definition) is 2. The smallest absolute Gasteiger partial charge is 0.241 e. The predicted molar refractivity (Wildman–Crippen MR) is 55.6 cm³/mol. The second-order valence-electron chi connectivity index (χ2n) is 3.92. The first-order valence-electron chi connectivity index (χ1n) is 5.25. The molecule has 0 aromatic carbocycles. The second kappa shape index (κ2) is 3.86. The maximum Gasteiger partial charge on any atom is 0.241 e. The van der Waals surface area contributed by atoms with Crippen LogP contribution in [0.1, 0.15) is 44.6 Å². The Labute approximate surface area is 83.5 Å². The highest BCUT2D eigenvalue weighted by molar-refractivity contribution is 5.26. The molecule has 1 aliphatic carbocycles. The average molecular weight is 195 g/mol. The summed E-state index contributed by atoms with van der Waals surface area (Å²) in [5, 5.41) is 4.13. The first-order valence-corrected chi connectivity index (χ1v) is 5.25. The number of aromatic nitrogens is 3. The molecule has 0 spiro atoms. The molecule has 1 fully saturated rings. The molecule has 0 radical (unpaired) electrons. The number of anilines is 2. The number of nitrogens with two attached hydrogens (primary N) is 2. The van der Waals surface area contributed by atoms with Gasteiger partial charge in [-0.3, -0.25) is 0 Å². The van der Waals surface area contributed by atoms with Gasteiger partial charge in [-0.15, -0.1) is 5.10 Å². The molecule has 1 aromatic rings. The highest BCUT2D eigenvalue weighted by Gasteiger charge is 2.17. The summed E-state index contributed by atoms with van der Waals surface area (Å²) in [5.74, 6) is 0.737. The van der Waals surface area contributed by atoms with Gasteiger partial charge in [0.2, 0.25) is 11.9 Å². The molecule has 0 aliphatic heterocycles. The molecule has 1 aromatic heterocycles. The lowest BCUT2D eigenvalue weighted by molar-refractivity contribution is 0.411. The highest BCUT2D eigenvalue weighted by atomic mass is 15.4. The van der Waals surface area contributed by atoms with Crippen LogP contribution >= 0.6 is 0 Å². The summed E-state index contributed by atoms with van der Waals surface area (Å²) in [5.41, 5.74) is 11.2. The summed E-state index contributed by atoms with van der Waals surface area (Å²) in [6.45, 7) is 0. The molecule has 5 heteroatoms. The van der Waals surface area contributed by atoms with Crippen LogP contribution in [-0.4, -0.2) is 14.8 Å². The Morgan fingerprint density at radius 1 is 1.07 bits per heavy atom. The van der Waals surface area contributed by atoms with E-state index in [4.69, 9.17) is 11.5 Å². The van der Waals surface area contributed by atoms with Gasteiger partial charge < -0.3 is 11.5 Å². The van der Waals surface area contributed by atoms with Gasteiger partial charge >= 0.3 is 0 Å². The number of hydrogen-bond acceptors (Lipinski definition) is 4. The van der Waals surface area contributed by atoms with Crippen molar-refractivity contribution in [1.29, 1.82) is 0 Å². The fraction of sp³-hybridized carbons (Fsp3) is 0.778. The quantitative estimate of drug-likeness (QED) is 0.662. The summed E-state index contributed by atoms with van der Waals surface area (Å²) in [6, 6.07) is 0.405. The topological polar surface area (TPSA) is 82.7 Å². The highest BCUT2D eigenvalue weighted by Crippen LogP contribution is 2.28. The maximum atomic E-state index is 5.73. The maximum absolute atomic E-state index is 5.73. The molecule has 14 heavy (non-hydrogen) atoms. The van der Waals surface area contributed by atoms with Crippen molar-refractivity contribution in [2.24, 2.45) is 0 Å². The third-order valence-electron chi connectivity index (χ3n) is 2.84. The Morgan fingerprint density at radius 2 is 1.71 bits per heavy atom. The molecule has 2 rings (SSSR count). The van der Waals surface area contributed by atoms with Gasteiger partial charge in [-0.05, 0) is 12.8 Å². The zero-order chi connectivity index (χ0) is 9.97. The molecule has 4 N–H and O–H groups in total. The minimum Gasteiger partial charge on any atom is -0.368 e. The van der Waals surface area contributed by atoms with E-state index >= 15 is 0 Å². The molecule has 1 aliphatic rings. The van der Waals surface area contributed by atoms with E-state index in [-0.39, 0.29) is 5.95 Å². The Hall–Kier alpha value is -1.26. The molecule has 78 valence electrons. The summed E-state index contributed by atoms with van der Waals surface area (Å²) in [4.78, 5) is 3.92. The van der Waals surface area contributed by atoms with Crippen molar-refractivity contribution < 1.29 is 0 Å². The van der Waals surface area contributed by atoms with Gasteiger partial charge in [0.25, 0.3) is 0 Å². The standard InChI is InChI=1S/C9H17N5/c10-8-12-9(11)14(13-8)7-5-3-1-2-4-6-7/h7H,1-6H2,(H4,10,11,12,13). The van der Waals surface area contributed by atoms with Gasteiger partial charge in [0.15, 0.2) is 0 Å². The van der Waals surface area contributed by atoms with Crippen molar-refractivity contribution in [3.8, 4) is 0 Å². The third-order valence-corrected chi connectivity index (χ3v) is 2.84. The van der Waals surface area contributed by atoms with Crippen molar-refractivity contribution >= 4 is 11.9 Å². The third kappa shape index (κ3) is 1.81. The van der Waals surface area contributed by atoms with E-state index in [0.29, 0.717) is 12.0 Å². The molecule has 1 saturated carbocycles. The van der Waals surface area contributed by atoms with E-state index < -0.39 is 0 Å². The molecule has 0 atom stereocenters. The van der Waals surface area contributed by atoms with Gasteiger partial charge in [0.1, 0.15) is 0 Å². The van der Waals surface area contributed by atoms with Crippen LogP contribution in [0.4, 0.5) is 11.9 Å². The Balaban J connectivity index is 2.15. The van der Waals surface area contributed by atoms with Crippen LogP contribution in [-0.2, 0) is 0 Å². The summed E-state index contributed by atoms with van der Waals surface area (Å²) in [7, 11) is 0. The van der Waals surface area contributed by atoms with Crippen LogP contribution in [0, 0.1) is 0 Å². The fourth-order valence-electron chi connectivity index (χ4n) is 2.12. The van der Waals surface area contributed by atoms with Gasteiger partial charge in [-0.25, -0.2) is 4.68 Å². The van der Waals surface area contributed by atoms with Crippen molar-refractivity contribution in [2.75, 3.05) is 11.5 Å². The van der Waals surface area contributed by atoms with Crippen molar-refractivity contribution in [3.63, 3.8) is 0 Å². The average Bonchev–Trinajstić information content (AvgIpc) is 2.43. The predicted octanol–water partition coefficient (Wildman–Crippen LogP) is 1.34. The molecule has 0 unspecified atom stereocenters. The molecule has 0 saturated heterocycles.